The molecule has 2 aromatic rings. The predicted molar refractivity (Wildman–Crippen MR) is 113 cm³/mol. The van der Waals surface area contributed by atoms with E-state index in [4.69, 9.17) is 9.47 Å². The third-order valence-electron chi connectivity index (χ3n) is 4.35. The van der Waals surface area contributed by atoms with Gasteiger partial charge in [-0.2, -0.15) is 0 Å². The maximum atomic E-state index is 11.8. The molecule has 0 bridgehead atoms. The van der Waals surface area contributed by atoms with Crippen LogP contribution in [0.2, 0.25) is 0 Å². The van der Waals surface area contributed by atoms with Crippen molar-refractivity contribution in [3.05, 3.63) is 59.7 Å². The Hall–Kier alpha value is -3.02. The molecule has 156 valence electrons. The van der Waals surface area contributed by atoms with Gasteiger partial charge in [-0.3, -0.25) is 20.4 Å². The van der Waals surface area contributed by atoms with Crippen LogP contribution in [0, 0.1) is 0 Å². The van der Waals surface area contributed by atoms with Crippen molar-refractivity contribution in [1.82, 2.24) is 10.9 Å². The SMILES string of the molecule is CC(C)c1ccc(OCC(=O)NNC(=O)COc2ccc(C(C)(C)C)cc2)cc1. The van der Waals surface area contributed by atoms with E-state index in [0.717, 1.165) is 0 Å². The molecule has 0 aliphatic heterocycles. The van der Waals surface area contributed by atoms with Crippen molar-refractivity contribution in [1.29, 1.82) is 0 Å². The summed E-state index contributed by atoms with van der Waals surface area (Å²) >= 11 is 0. The molecule has 0 spiro atoms. The molecule has 0 aromatic heterocycles. The summed E-state index contributed by atoms with van der Waals surface area (Å²) in [5, 5.41) is 0. The van der Waals surface area contributed by atoms with E-state index in [1.165, 1.54) is 11.1 Å². The molecule has 0 heterocycles. The molecule has 6 nitrogen and oxygen atoms in total. The minimum absolute atomic E-state index is 0.0543. The maximum absolute atomic E-state index is 11.8. The summed E-state index contributed by atoms with van der Waals surface area (Å²) in [7, 11) is 0. The molecule has 29 heavy (non-hydrogen) atoms. The lowest BCUT2D eigenvalue weighted by atomic mass is 9.87. The van der Waals surface area contributed by atoms with Crippen molar-refractivity contribution in [3.63, 3.8) is 0 Å². The first-order chi connectivity index (χ1) is 13.6. The quantitative estimate of drug-likeness (QED) is 0.697. The molecule has 0 saturated heterocycles. The minimum atomic E-state index is -0.459. The topological polar surface area (TPSA) is 76.7 Å². The molecule has 0 radical (unpaired) electrons. The zero-order valence-corrected chi connectivity index (χ0v) is 17.7. The van der Waals surface area contributed by atoms with Crippen molar-refractivity contribution >= 4 is 11.8 Å². The number of carbonyl (C=O) groups is 2. The highest BCUT2D eigenvalue weighted by molar-refractivity contribution is 5.83. The lowest BCUT2D eigenvalue weighted by Crippen LogP contribution is -2.45. The highest BCUT2D eigenvalue weighted by Gasteiger charge is 2.13. The van der Waals surface area contributed by atoms with Crippen LogP contribution in [-0.2, 0) is 15.0 Å². The standard InChI is InChI=1S/C23H30N2O4/c1-16(2)17-6-10-19(11-7-17)28-14-21(26)24-25-22(27)15-29-20-12-8-18(9-13-20)23(3,4)5/h6-13,16H,14-15H2,1-5H3,(H,24,26)(H,25,27). The van der Waals surface area contributed by atoms with Gasteiger partial charge in [-0.15, -0.1) is 0 Å². The molecule has 6 heteroatoms. The number of ether oxygens (including phenoxy) is 2. The van der Waals surface area contributed by atoms with Gasteiger partial charge < -0.3 is 9.47 Å². The molecule has 2 amide bonds. The van der Waals surface area contributed by atoms with Crippen LogP contribution in [0.5, 0.6) is 11.5 Å². The Bertz CT molecular complexity index is 806. The second-order valence-electron chi connectivity index (χ2n) is 8.17. The molecular weight excluding hydrogens is 368 g/mol. The van der Waals surface area contributed by atoms with Gasteiger partial charge in [0, 0.05) is 0 Å². The Morgan fingerprint density at radius 2 is 1.21 bits per heavy atom. The summed E-state index contributed by atoms with van der Waals surface area (Å²) in [6.07, 6.45) is 0. The monoisotopic (exact) mass is 398 g/mol. The van der Waals surface area contributed by atoms with Crippen LogP contribution in [0.25, 0.3) is 0 Å². The van der Waals surface area contributed by atoms with Crippen molar-refractivity contribution < 1.29 is 19.1 Å². The Kier molecular flexibility index (Phi) is 7.65. The molecule has 0 unspecified atom stereocenters. The van der Waals surface area contributed by atoms with Crippen molar-refractivity contribution in [2.24, 2.45) is 0 Å². The van der Waals surface area contributed by atoms with Crippen LogP contribution in [-0.4, -0.2) is 25.0 Å². The van der Waals surface area contributed by atoms with E-state index >= 15 is 0 Å². The zero-order valence-electron chi connectivity index (χ0n) is 17.7. The largest absolute Gasteiger partial charge is 0.484 e. The van der Waals surface area contributed by atoms with Gasteiger partial charge in [-0.1, -0.05) is 58.9 Å². The Morgan fingerprint density at radius 1 is 0.793 bits per heavy atom. The molecule has 0 fully saturated rings. The number of hydrogen-bond donors (Lipinski definition) is 2. The molecular formula is C23H30N2O4. The summed E-state index contributed by atoms with van der Waals surface area (Å²) in [5.74, 6) is 0.701. The second kappa shape index (κ2) is 9.96. The van der Waals surface area contributed by atoms with Gasteiger partial charge in [-0.05, 0) is 46.7 Å². The fourth-order valence-corrected chi connectivity index (χ4v) is 2.51. The van der Waals surface area contributed by atoms with Crippen molar-refractivity contribution in [2.45, 2.75) is 46.0 Å². The summed E-state index contributed by atoms with van der Waals surface area (Å²) < 4.78 is 10.8. The summed E-state index contributed by atoms with van der Waals surface area (Å²) in [6, 6.07) is 15.2. The van der Waals surface area contributed by atoms with Gasteiger partial charge in [0.25, 0.3) is 11.8 Å². The number of nitrogens with one attached hydrogen (secondary N) is 2. The van der Waals surface area contributed by atoms with Gasteiger partial charge in [0.2, 0.25) is 0 Å². The Morgan fingerprint density at radius 3 is 1.59 bits per heavy atom. The average Bonchev–Trinajstić information content (AvgIpc) is 2.69. The van der Waals surface area contributed by atoms with Crippen LogP contribution >= 0.6 is 0 Å². The normalized spacial score (nSPS) is 11.1. The van der Waals surface area contributed by atoms with Gasteiger partial charge >= 0.3 is 0 Å². The molecule has 0 aliphatic rings. The van der Waals surface area contributed by atoms with E-state index in [-0.39, 0.29) is 18.6 Å². The molecule has 2 N–H and O–H groups in total. The first-order valence-electron chi connectivity index (χ1n) is 9.69. The first-order valence-corrected chi connectivity index (χ1v) is 9.69. The van der Waals surface area contributed by atoms with Crippen molar-refractivity contribution in [2.75, 3.05) is 13.2 Å². The fraction of sp³-hybridized carbons (Fsp3) is 0.391. The van der Waals surface area contributed by atoms with Crippen LogP contribution in [0.3, 0.4) is 0 Å². The van der Waals surface area contributed by atoms with Crippen LogP contribution < -0.4 is 20.3 Å². The number of rotatable bonds is 7. The number of amides is 2. The van der Waals surface area contributed by atoms with Crippen LogP contribution in [0.15, 0.2) is 48.5 Å². The van der Waals surface area contributed by atoms with E-state index < -0.39 is 11.8 Å². The van der Waals surface area contributed by atoms with E-state index in [1.807, 2.05) is 48.5 Å². The number of carbonyl (C=O) groups excluding carboxylic acids is 2. The molecule has 0 saturated carbocycles. The molecule has 2 aromatic carbocycles. The van der Waals surface area contributed by atoms with E-state index in [1.54, 1.807) is 0 Å². The minimum Gasteiger partial charge on any atom is -0.484 e. The van der Waals surface area contributed by atoms with Gasteiger partial charge in [0.05, 0.1) is 0 Å². The Balaban J connectivity index is 1.68. The number of hydrazine groups is 1. The van der Waals surface area contributed by atoms with Crippen molar-refractivity contribution in [3.8, 4) is 11.5 Å². The van der Waals surface area contributed by atoms with E-state index in [2.05, 4.69) is 45.5 Å². The van der Waals surface area contributed by atoms with E-state index in [0.29, 0.717) is 17.4 Å². The third-order valence-corrected chi connectivity index (χ3v) is 4.35. The fourth-order valence-electron chi connectivity index (χ4n) is 2.51. The van der Waals surface area contributed by atoms with E-state index in [9.17, 15) is 9.59 Å². The highest BCUT2D eigenvalue weighted by Crippen LogP contribution is 2.24. The lowest BCUT2D eigenvalue weighted by molar-refractivity contribution is -0.131. The molecule has 2 rings (SSSR count). The van der Waals surface area contributed by atoms with Gasteiger partial charge in [0.15, 0.2) is 13.2 Å². The maximum Gasteiger partial charge on any atom is 0.276 e. The smallest absolute Gasteiger partial charge is 0.276 e. The summed E-state index contributed by atoms with van der Waals surface area (Å²) in [4.78, 5) is 23.6. The summed E-state index contributed by atoms with van der Waals surface area (Å²) in [5.41, 5.74) is 7.04. The second-order valence-corrected chi connectivity index (χ2v) is 8.17. The van der Waals surface area contributed by atoms with Crippen LogP contribution in [0.4, 0.5) is 0 Å². The first kappa shape index (κ1) is 22.3. The zero-order chi connectivity index (χ0) is 21.4. The van der Waals surface area contributed by atoms with Crippen LogP contribution in [0.1, 0.15) is 51.7 Å². The lowest BCUT2D eigenvalue weighted by Gasteiger charge is -2.19. The Labute approximate surface area is 172 Å². The average molecular weight is 399 g/mol. The third kappa shape index (κ3) is 7.49. The van der Waals surface area contributed by atoms with Gasteiger partial charge in [0.1, 0.15) is 11.5 Å². The molecule has 0 atom stereocenters. The van der Waals surface area contributed by atoms with Gasteiger partial charge in [-0.25, -0.2) is 0 Å². The predicted octanol–water partition coefficient (Wildman–Crippen LogP) is 3.71. The highest BCUT2D eigenvalue weighted by atomic mass is 16.5. The number of hydrogen-bond acceptors (Lipinski definition) is 4. The summed E-state index contributed by atoms with van der Waals surface area (Å²) in [6.45, 7) is 10.2. The molecule has 0 aliphatic carbocycles. The number of benzene rings is 2.